The third kappa shape index (κ3) is 5.51. The number of hydrogen-bond donors (Lipinski definition) is 1. The number of nitrogens with one attached hydrogen (secondary N) is 1. The van der Waals surface area contributed by atoms with Crippen LogP contribution in [-0.4, -0.2) is 48.3 Å². The predicted octanol–water partition coefficient (Wildman–Crippen LogP) is 4.68. The Balaban J connectivity index is 1.40. The third-order valence-electron chi connectivity index (χ3n) is 4.72. The molecule has 2 heterocycles. The number of halogens is 1. The van der Waals surface area contributed by atoms with Crippen LogP contribution in [0.1, 0.15) is 18.9 Å². The molecule has 0 atom stereocenters. The summed E-state index contributed by atoms with van der Waals surface area (Å²) in [6, 6.07) is 10.4. The van der Waals surface area contributed by atoms with Crippen LogP contribution in [0.5, 0.6) is 17.2 Å². The third-order valence-corrected chi connectivity index (χ3v) is 6.24. The van der Waals surface area contributed by atoms with E-state index in [9.17, 15) is 14.4 Å². The molecule has 33 heavy (non-hydrogen) atoms. The van der Waals surface area contributed by atoms with Gasteiger partial charge in [-0.2, -0.15) is 0 Å². The highest BCUT2D eigenvalue weighted by molar-refractivity contribution is 9.10. The fraction of sp³-hybridized carbons (Fsp3) is 0.261. The van der Waals surface area contributed by atoms with Crippen LogP contribution in [0.2, 0.25) is 0 Å². The van der Waals surface area contributed by atoms with Gasteiger partial charge in [-0.25, -0.2) is 0 Å². The number of nitrogens with zero attached hydrogens (tertiary/aromatic N) is 1. The summed E-state index contributed by atoms with van der Waals surface area (Å²) in [5, 5.41) is 2.19. The second-order valence-electron chi connectivity index (χ2n) is 7.21. The van der Waals surface area contributed by atoms with E-state index in [0.717, 1.165) is 33.1 Å². The molecule has 0 aromatic heterocycles. The highest BCUT2D eigenvalue weighted by atomic mass is 79.9. The van der Waals surface area contributed by atoms with E-state index in [0.29, 0.717) is 42.8 Å². The Kier molecular flexibility index (Phi) is 7.24. The molecule has 1 fully saturated rings. The van der Waals surface area contributed by atoms with Crippen molar-refractivity contribution >= 4 is 56.5 Å². The summed E-state index contributed by atoms with van der Waals surface area (Å²) in [5.41, 5.74) is 1.22. The van der Waals surface area contributed by atoms with E-state index in [-0.39, 0.29) is 11.4 Å². The molecular formula is C23H21BrN2O6S. The van der Waals surface area contributed by atoms with Gasteiger partial charge in [0, 0.05) is 11.8 Å². The maximum Gasteiger partial charge on any atom is 0.294 e. The Bertz CT molecular complexity index is 1140. The van der Waals surface area contributed by atoms with Gasteiger partial charge >= 0.3 is 0 Å². The van der Waals surface area contributed by atoms with Crippen molar-refractivity contribution < 1.29 is 28.6 Å². The highest BCUT2D eigenvalue weighted by Crippen LogP contribution is 2.35. The molecule has 2 aliphatic rings. The Morgan fingerprint density at radius 3 is 2.73 bits per heavy atom. The molecule has 1 N–H and O–H groups in total. The summed E-state index contributed by atoms with van der Waals surface area (Å²) < 4.78 is 17.3. The number of anilines is 1. The smallest absolute Gasteiger partial charge is 0.294 e. The summed E-state index contributed by atoms with van der Waals surface area (Å²) in [6.07, 6.45) is 2.52. The highest BCUT2D eigenvalue weighted by Gasteiger charge is 2.36. The molecule has 172 valence electrons. The lowest BCUT2D eigenvalue weighted by Crippen LogP contribution is -2.36. The van der Waals surface area contributed by atoms with Gasteiger partial charge in [-0.1, -0.05) is 13.0 Å². The molecule has 4 rings (SSSR count). The first-order valence-electron chi connectivity index (χ1n) is 10.3. The minimum Gasteiger partial charge on any atom is -0.492 e. The molecule has 10 heteroatoms. The number of ether oxygens (including phenoxy) is 3. The maximum atomic E-state index is 12.8. The van der Waals surface area contributed by atoms with Crippen LogP contribution >= 0.6 is 27.7 Å². The first-order valence-corrected chi connectivity index (χ1v) is 11.9. The monoisotopic (exact) mass is 532 g/mol. The molecule has 2 aromatic rings. The lowest BCUT2D eigenvalue weighted by Gasteiger charge is -2.19. The number of benzene rings is 2. The molecule has 0 spiro atoms. The van der Waals surface area contributed by atoms with E-state index < -0.39 is 17.1 Å². The van der Waals surface area contributed by atoms with Gasteiger partial charge in [-0.3, -0.25) is 19.3 Å². The molecule has 0 bridgehead atoms. The van der Waals surface area contributed by atoms with E-state index in [4.69, 9.17) is 14.2 Å². The standard InChI is InChI=1S/C23H21BrN2O6S/c1-2-7-30-17-5-3-14(10-16(17)24)11-20-22(28)26(23(29)33-20)13-21(27)25-15-4-6-18-19(12-15)32-9-8-31-18/h3-6,10-12H,2,7-9,13H2,1H3,(H,25,27)/b20-11-. The second-order valence-corrected chi connectivity index (χ2v) is 9.06. The molecule has 0 saturated carbocycles. The Morgan fingerprint density at radius 1 is 1.18 bits per heavy atom. The molecule has 0 aliphatic carbocycles. The quantitative estimate of drug-likeness (QED) is 0.517. The van der Waals surface area contributed by atoms with Crippen molar-refractivity contribution in [3.05, 3.63) is 51.3 Å². The molecular weight excluding hydrogens is 512 g/mol. The largest absolute Gasteiger partial charge is 0.492 e. The normalized spacial score (nSPS) is 16.3. The number of carbonyl (C=O) groups is 3. The number of fused-ring (bicyclic) bond motifs is 1. The van der Waals surface area contributed by atoms with Crippen molar-refractivity contribution in [1.82, 2.24) is 4.90 Å². The molecule has 2 aliphatic heterocycles. The first kappa shape index (κ1) is 23.2. The maximum absolute atomic E-state index is 12.8. The number of hydrogen-bond acceptors (Lipinski definition) is 7. The van der Waals surface area contributed by atoms with Crippen LogP contribution in [0.3, 0.4) is 0 Å². The van der Waals surface area contributed by atoms with Crippen molar-refractivity contribution in [2.75, 3.05) is 31.7 Å². The lowest BCUT2D eigenvalue weighted by molar-refractivity contribution is -0.127. The van der Waals surface area contributed by atoms with Crippen LogP contribution in [0.15, 0.2) is 45.8 Å². The summed E-state index contributed by atoms with van der Waals surface area (Å²) in [7, 11) is 0. The zero-order valence-electron chi connectivity index (χ0n) is 17.8. The topological polar surface area (TPSA) is 94.2 Å². The first-order chi connectivity index (χ1) is 15.9. The van der Waals surface area contributed by atoms with E-state index in [1.807, 2.05) is 13.0 Å². The van der Waals surface area contributed by atoms with Gasteiger partial charge in [-0.05, 0) is 70.0 Å². The molecule has 0 unspecified atom stereocenters. The number of carbonyl (C=O) groups excluding carboxylic acids is 3. The minimum absolute atomic E-state index is 0.251. The predicted molar refractivity (Wildman–Crippen MR) is 129 cm³/mol. The van der Waals surface area contributed by atoms with E-state index >= 15 is 0 Å². The average Bonchev–Trinajstić information content (AvgIpc) is 3.05. The van der Waals surface area contributed by atoms with Crippen LogP contribution < -0.4 is 19.5 Å². The van der Waals surface area contributed by atoms with E-state index in [2.05, 4.69) is 21.2 Å². The van der Waals surface area contributed by atoms with Crippen LogP contribution in [0.4, 0.5) is 10.5 Å². The molecule has 0 radical (unpaired) electrons. The zero-order chi connectivity index (χ0) is 23.4. The van der Waals surface area contributed by atoms with Crippen LogP contribution in [0.25, 0.3) is 6.08 Å². The van der Waals surface area contributed by atoms with Crippen LogP contribution in [-0.2, 0) is 9.59 Å². The average molecular weight is 533 g/mol. The number of imide groups is 1. The Morgan fingerprint density at radius 2 is 1.97 bits per heavy atom. The number of amides is 3. The SMILES string of the molecule is CCCOc1ccc(/C=C2\SC(=O)N(CC(=O)Nc3ccc4c(c3)OCCO4)C2=O)cc1Br. The van der Waals surface area contributed by atoms with Gasteiger partial charge in [0.25, 0.3) is 11.1 Å². The van der Waals surface area contributed by atoms with Crippen molar-refractivity contribution in [3.8, 4) is 17.2 Å². The Labute approximate surface area is 203 Å². The second kappa shape index (κ2) is 10.3. The summed E-state index contributed by atoms with van der Waals surface area (Å²) in [5.74, 6) is 0.843. The van der Waals surface area contributed by atoms with Gasteiger partial charge in [0.15, 0.2) is 11.5 Å². The summed E-state index contributed by atoms with van der Waals surface area (Å²) in [4.78, 5) is 38.8. The zero-order valence-corrected chi connectivity index (χ0v) is 20.2. The van der Waals surface area contributed by atoms with Crippen molar-refractivity contribution in [3.63, 3.8) is 0 Å². The van der Waals surface area contributed by atoms with Crippen molar-refractivity contribution in [1.29, 1.82) is 0 Å². The summed E-state index contributed by atoms with van der Waals surface area (Å²) >= 11 is 4.26. The van der Waals surface area contributed by atoms with E-state index in [1.54, 1.807) is 36.4 Å². The summed E-state index contributed by atoms with van der Waals surface area (Å²) in [6.45, 7) is 3.14. The Hall–Kier alpha value is -2.98. The van der Waals surface area contributed by atoms with Gasteiger partial charge in [-0.15, -0.1) is 0 Å². The van der Waals surface area contributed by atoms with Gasteiger partial charge in [0.1, 0.15) is 25.5 Å². The lowest BCUT2D eigenvalue weighted by atomic mass is 10.2. The van der Waals surface area contributed by atoms with Gasteiger partial charge in [0.2, 0.25) is 5.91 Å². The van der Waals surface area contributed by atoms with E-state index in [1.165, 1.54) is 0 Å². The number of thioether (sulfide) groups is 1. The molecule has 8 nitrogen and oxygen atoms in total. The fourth-order valence-corrected chi connectivity index (χ4v) is 4.54. The van der Waals surface area contributed by atoms with Crippen LogP contribution in [0, 0.1) is 0 Å². The molecule has 2 aromatic carbocycles. The van der Waals surface area contributed by atoms with Crippen molar-refractivity contribution in [2.45, 2.75) is 13.3 Å². The molecule has 1 saturated heterocycles. The van der Waals surface area contributed by atoms with Gasteiger partial charge < -0.3 is 19.5 Å². The fourth-order valence-electron chi connectivity index (χ4n) is 3.19. The molecule has 3 amide bonds. The number of rotatable bonds is 7. The van der Waals surface area contributed by atoms with Gasteiger partial charge in [0.05, 0.1) is 16.0 Å². The minimum atomic E-state index is -0.509. The van der Waals surface area contributed by atoms with Crippen molar-refractivity contribution in [2.24, 2.45) is 0 Å².